The lowest BCUT2D eigenvalue weighted by molar-refractivity contribution is -0.137. The zero-order chi connectivity index (χ0) is 12.7. The topological polar surface area (TPSA) is 55.4 Å². The largest absolute Gasteiger partial charge is 0.463 e. The van der Waals surface area contributed by atoms with Crippen LogP contribution in [-0.4, -0.2) is 18.5 Å². The van der Waals surface area contributed by atoms with E-state index in [1.165, 1.54) is 13.0 Å². The first kappa shape index (κ1) is 13.0. The molecule has 0 saturated heterocycles. The van der Waals surface area contributed by atoms with Gasteiger partial charge in [-0.2, -0.15) is 0 Å². The number of para-hydroxylation sites is 1. The van der Waals surface area contributed by atoms with Crippen molar-refractivity contribution in [3.05, 3.63) is 35.9 Å². The molecule has 90 valence electrons. The first-order valence-corrected chi connectivity index (χ1v) is 5.35. The second-order valence-corrected chi connectivity index (χ2v) is 3.35. The molecule has 0 radical (unpaired) electrons. The molecule has 0 aliphatic rings. The minimum atomic E-state index is -0.398. The lowest BCUT2D eigenvalue weighted by Crippen LogP contribution is -2.07. The third kappa shape index (κ3) is 4.51. The molecule has 4 heteroatoms. The van der Waals surface area contributed by atoms with Crippen LogP contribution in [0.5, 0.6) is 0 Å². The molecule has 0 saturated carbocycles. The van der Waals surface area contributed by atoms with Crippen LogP contribution in [0.1, 0.15) is 19.4 Å². The summed E-state index contributed by atoms with van der Waals surface area (Å²) in [6.45, 7) is 3.53. The number of hydrogen-bond donors (Lipinski definition) is 1. The Bertz CT molecular complexity index is 438. The molecule has 0 aliphatic heterocycles. The normalized spacial score (nSPS) is 10.2. The first-order valence-electron chi connectivity index (χ1n) is 5.35. The molecule has 1 amide bonds. The van der Waals surface area contributed by atoms with Crippen molar-refractivity contribution in [3.63, 3.8) is 0 Å². The molecule has 0 fully saturated rings. The van der Waals surface area contributed by atoms with Crippen LogP contribution >= 0.6 is 0 Å². The Morgan fingerprint density at radius 2 is 2.06 bits per heavy atom. The second kappa shape index (κ2) is 6.48. The third-order valence-electron chi connectivity index (χ3n) is 1.96. The number of ether oxygens (including phenoxy) is 1. The van der Waals surface area contributed by atoms with E-state index < -0.39 is 5.97 Å². The van der Waals surface area contributed by atoms with E-state index in [4.69, 9.17) is 4.74 Å². The summed E-state index contributed by atoms with van der Waals surface area (Å²) in [5.41, 5.74) is 1.43. The van der Waals surface area contributed by atoms with Crippen molar-refractivity contribution in [2.75, 3.05) is 11.9 Å². The predicted molar refractivity (Wildman–Crippen MR) is 66.4 cm³/mol. The number of rotatable bonds is 4. The number of amides is 1. The Balaban J connectivity index is 2.83. The van der Waals surface area contributed by atoms with Gasteiger partial charge in [0.1, 0.15) is 0 Å². The fourth-order valence-corrected chi connectivity index (χ4v) is 1.29. The molecule has 0 aliphatic carbocycles. The van der Waals surface area contributed by atoms with E-state index in [1.807, 2.05) is 12.1 Å². The summed E-state index contributed by atoms with van der Waals surface area (Å²) in [5, 5.41) is 2.69. The highest BCUT2D eigenvalue weighted by Gasteiger charge is 2.01. The molecule has 4 nitrogen and oxygen atoms in total. The number of benzene rings is 1. The maximum Gasteiger partial charge on any atom is 0.330 e. The van der Waals surface area contributed by atoms with E-state index in [0.717, 1.165) is 5.56 Å². The second-order valence-electron chi connectivity index (χ2n) is 3.35. The van der Waals surface area contributed by atoms with Crippen molar-refractivity contribution in [2.45, 2.75) is 13.8 Å². The summed E-state index contributed by atoms with van der Waals surface area (Å²) in [6, 6.07) is 7.22. The molecule has 1 aromatic carbocycles. The average molecular weight is 233 g/mol. The standard InChI is InChI=1S/C13H15NO3/c1-3-17-13(16)9-8-11-6-4-5-7-12(11)14-10(2)15/h4-9H,3H2,1-2H3,(H,14,15). The van der Waals surface area contributed by atoms with E-state index in [0.29, 0.717) is 12.3 Å². The lowest BCUT2D eigenvalue weighted by atomic mass is 10.1. The number of anilines is 1. The Labute approximate surface area is 100 Å². The van der Waals surface area contributed by atoms with Crippen LogP contribution in [0, 0.1) is 0 Å². The number of hydrogen-bond acceptors (Lipinski definition) is 3. The molecule has 1 N–H and O–H groups in total. The maximum atomic E-state index is 11.2. The SMILES string of the molecule is CCOC(=O)C=Cc1ccccc1NC(C)=O. The molecular weight excluding hydrogens is 218 g/mol. The van der Waals surface area contributed by atoms with Crippen LogP contribution in [0.15, 0.2) is 30.3 Å². The molecule has 0 aromatic heterocycles. The van der Waals surface area contributed by atoms with Crippen molar-refractivity contribution >= 4 is 23.6 Å². The van der Waals surface area contributed by atoms with Gasteiger partial charge in [-0.1, -0.05) is 18.2 Å². The molecule has 0 spiro atoms. The molecule has 1 aromatic rings. The van der Waals surface area contributed by atoms with Crippen molar-refractivity contribution in [1.29, 1.82) is 0 Å². The molecule has 1 rings (SSSR count). The van der Waals surface area contributed by atoms with Crippen molar-refractivity contribution in [2.24, 2.45) is 0 Å². The van der Waals surface area contributed by atoms with Crippen LogP contribution in [0.4, 0.5) is 5.69 Å². The molecule has 0 atom stereocenters. The smallest absolute Gasteiger partial charge is 0.330 e. The third-order valence-corrected chi connectivity index (χ3v) is 1.96. The quantitative estimate of drug-likeness (QED) is 0.640. The molecule has 0 unspecified atom stereocenters. The van der Waals surface area contributed by atoms with Crippen LogP contribution in [0.2, 0.25) is 0 Å². The van der Waals surface area contributed by atoms with E-state index in [9.17, 15) is 9.59 Å². The van der Waals surface area contributed by atoms with Gasteiger partial charge in [0.15, 0.2) is 0 Å². The Kier molecular flexibility index (Phi) is 4.94. The minimum Gasteiger partial charge on any atom is -0.463 e. The van der Waals surface area contributed by atoms with Crippen LogP contribution in [0.25, 0.3) is 6.08 Å². The molecule has 17 heavy (non-hydrogen) atoms. The highest BCUT2D eigenvalue weighted by atomic mass is 16.5. The summed E-state index contributed by atoms with van der Waals surface area (Å²) in [7, 11) is 0. The van der Waals surface area contributed by atoms with Crippen molar-refractivity contribution in [1.82, 2.24) is 0 Å². The van der Waals surface area contributed by atoms with Gasteiger partial charge in [-0.3, -0.25) is 4.79 Å². The molecule has 0 bridgehead atoms. The van der Waals surface area contributed by atoms with Gasteiger partial charge in [-0.15, -0.1) is 0 Å². The fraction of sp³-hybridized carbons (Fsp3) is 0.231. The first-order chi connectivity index (χ1) is 8.13. The summed E-state index contributed by atoms with van der Waals surface area (Å²) >= 11 is 0. The minimum absolute atomic E-state index is 0.151. The highest BCUT2D eigenvalue weighted by molar-refractivity contribution is 5.93. The van der Waals surface area contributed by atoms with Crippen LogP contribution in [-0.2, 0) is 14.3 Å². The highest BCUT2D eigenvalue weighted by Crippen LogP contribution is 2.16. The summed E-state index contributed by atoms with van der Waals surface area (Å²) < 4.78 is 4.77. The van der Waals surface area contributed by atoms with Crippen molar-refractivity contribution < 1.29 is 14.3 Å². The zero-order valence-corrected chi connectivity index (χ0v) is 9.90. The van der Waals surface area contributed by atoms with E-state index in [-0.39, 0.29) is 5.91 Å². The summed E-state index contributed by atoms with van der Waals surface area (Å²) in [4.78, 5) is 22.1. The monoisotopic (exact) mass is 233 g/mol. The average Bonchev–Trinajstić information content (AvgIpc) is 2.27. The van der Waals surface area contributed by atoms with Gasteiger partial charge in [0.2, 0.25) is 5.91 Å². The van der Waals surface area contributed by atoms with Crippen LogP contribution in [0.3, 0.4) is 0 Å². The Hall–Kier alpha value is -2.10. The van der Waals surface area contributed by atoms with Gasteiger partial charge >= 0.3 is 5.97 Å². The van der Waals surface area contributed by atoms with Gasteiger partial charge in [-0.05, 0) is 24.6 Å². The number of carbonyl (C=O) groups is 2. The van der Waals surface area contributed by atoms with Gasteiger partial charge in [-0.25, -0.2) is 4.79 Å². The zero-order valence-electron chi connectivity index (χ0n) is 9.90. The Morgan fingerprint density at radius 1 is 1.35 bits per heavy atom. The lowest BCUT2D eigenvalue weighted by Gasteiger charge is -2.05. The van der Waals surface area contributed by atoms with Gasteiger partial charge < -0.3 is 10.1 Å². The van der Waals surface area contributed by atoms with Crippen molar-refractivity contribution in [3.8, 4) is 0 Å². The van der Waals surface area contributed by atoms with Gasteiger partial charge in [0.25, 0.3) is 0 Å². The summed E-state index contributed by atoms with van der Waals surface area (Å²) in [5.74, 6) is -0.549. The van der Waals surface area contributed by atoms with Crippen LogP contribution < -0.4 is 5.32 Å². The molecular formula is C13H15NO3. The molecule has 0 heterocycles. The maximum absolute atomic E-state index is 11.2. The number of nitrogens with one attached hydrogen (secondary N) is 1. The fourth-order valence-electron chi connectivity index (χ4n) is 1.29. The number of esters is 1. The predicted octanol–water partition coefficient (Wildman–Crippen LogP) is 2.22. The van der Waals surface area contributed by atoms with E-state index >= 15 is 0 Å². The summed E-state index contributed by atoms with van der Waals surface area (Å²) in [6.07, 6.45) is 2.95. The van der Waals surface area contributed by atoms with Gasteiger partial charge in [0, 0.05) is 18.7 Å². The van der Waals surface area contributed by atoms with E-state index in [1.54, 1.807) is 25.1 Å². The van der Waals surface area contributed by atoms with Gasteiger partial charge in [0.05, 0.1) is 6.61 Å². The van der Waals surface area contributed by atoms with E-state index in [2.05, 4.69) is 5.32 Å². The number of carbonyl (C=O) groups excluding carboxylic acids is 2. The Morgan fingerprint density at radius 3 is 2.71 bits per heavy atom.